The quantitative estimate of drug-likeness (QED) is 0.883. The van der Waals surface area contributed by atoms with E-state index in [1.807, 2.05) is 11.7 Å². The Morgan fingerprint density at radius 3 is 2.57 bits per heavy atom. The van der Waals surface area contributed by atoms with Gasteiger partial charge in [-0.25, -0.2) is 0 Å². The molecule has 3 rings (SSSR count). The lowest BCUT2D eigenvalue weighted by Gasteiger charge is -2.36. The Kier molecular flexibility index (Phi) is 3.69. The van der Waals surface area contributed by atoms with Crippen LogP contribution in [0.4, 0.5) is 0 Å². The molecule has 2 heterocycles. The minimum Gasteiger partial charge on any atom is -0.328 e. The van der Waals surface area contributed by atoms with Gasteiger partial charge in [0.2, 0.25) is 0 Å². The first-order valence-corrected chi connectivity index (χ1v) is 8.21. The van der Waals surface area contributed by atoms with Crippen LogP contribution in [0.1, 0.15) is 38.3 Å². The van der Waals surface area contributed by atoms with Crippen LogP contribution >= 0.6 is 12.2 Å². The molecule has 0 spiro atoms. The van der Waals surface area contributed by atoms with Gasteiger partial charge < -0.3 is 9.88 Å². The Bertz CT molecular complexity index is 700. The van der Waals surface area contributed by atoms with Gasteiger partial charge in [0.25, 0.3) is 0 Å². The monoisotopic (exact) mass is 307 g/mol. The van der Waals surface area contributed by atoms with Crippen molar-refractivity contribution in [3.8, 4) is 0 Å². The zero-order valence-electron chi connectivity index (χ0n) is 13.4. The van der Waals surface area contributed by atoms with Crippen molar-refractivity contribution < 1.29 is 0 Å². The molecule has 0 bridgehead atoms. The molecule has 1 fully saturated rings. The minimum atomic E-state index is 0.226. The third kappa shape index (κ3) is 2.25. The molecule has 0 amide bonds. The van der Waals surface area contributed by atoms with Crippen LogP contribution in [0.25, 0.3) is 11.2 Å². The average molecular weight is 307 g/mol. The van der Waals surface area contributed by atoms with Crippen LogP contribution in [-0.2, 0) is 20.0 Å². The molecule has 2 aromatic rings. The summed E-state index contributed by atoms with van der Waals surface area (Å²) in [6.07, 6.45) is 6.03. The molecule has 0 aromatic carbocycles. The smallest absolute Gasteiger partial charge is 0.179 e. The summed E-state index contributed by atoms with van der Waals surface area (Å²) in [5.74, 6) is 0. The summed E-state index contributed by atoms with van der Waals surface area (Å²) in [5, 5.41) is 4.62. The van der Waals surface area contributed by atoms with E-state index in [0.717, 1.165) is 34.6 Å². The standard InChI is InChI=1S/C15H25N5S/c1-5-11-12-13(19(4)17-11)20(14(21)16-12)10-15(18(2)3)8-6-7-9-15/h5-10H2,1-4H3,(H,16,21). The summed E-state index contributed by atoms with van der Waals surface area (Å²) >= 11 is 5.59. The van der Waals surface area contributed by atoms with E-state index in [1.165, 1.54) is 25.7 Å². The number of fused-ring (bicyclic) bond motifs is 1. The van der Waals surface area contributed by atoms with Crippen molar-refractivity contribution in [2.75, 3.05) is 14.1 Å². The van der Waals surface area contributed by atoms with Gasteiger partial charge in [-0.2, -0.15) is 5.10 Å². The van der Waals surface area contributed by atoms with E-state index in [1.54, 1.807) is 0 Å². The van der Waals surface area contributed by atoms with Crippen molar-refractivity contribution in [2.45, 2.75) is 51.1 Å². The second-order valence-electron chi connectivity index (χ2n) is 6.46. The number of aromatic nitrogens is 4. The molecule has 1 aliphatic rings. The Balaban J connectivity index is 2.10. The Morgan fingerprint density at radius 1 is 1.33 bits per heavy atom. The first kappa shape index (κ1) is 14.8. The fourth-order valence-corrected chi connectivity index (χ4v) is 4.00. The van der Waals surface area contributed by atoms with Crippen molar-refractivity contribution >= 4 is 23.4 Å². The van der Waals surface area contributed by atoms with Gasteiger partial charge >= 0.3 is 0 Å². The topological polar surface area (TPSA) is 41.8 Å². The number of hydrogen-bond acceptors (Lipinski definition) is 3. The summed E-state index contributed by atoms with van der Waals surface area (Å²) < 4.78 is 5.04. The number of rotatable bonds is 4. The van der Waals surface area contributed by atoms with Crippen LogP contribution < -0.4 is 0 Å². The van der Waals surface area contributed by atoms with Crippen LogP contribution in [0.5, 0.6) is 0 Å². The molecule has 0 aliphatic heterocycles. The number of imidazole rings is 1. The Morgan fingerprint density at radius 2 is 2.00 bits per heavy atom. The van der Waals surface area contributed by atoms with Crippen LogP contribution in [0.15, 0.2) is 0 Å². The maximum atomic E-state index is 5.59. The van der Waals surface area contributed by atoms with E-state index >= 15 is 0 Å². The number of H-pyrrole nitrogens is 1. The predicted octanol–water partition coefficient (Wildman–Crippen LogP) is 2.87. The first-order chi connectivity index (χ1) is 9.98. The van der Waals surface area contributed by atoms with Crippen molar-refractivity contribution in [1.29, 1.82) is 0 Å². The molecule has 1 aliphatic carbocycles. The number of nitrogens with zero attached hydrogens (tertiary/aromatic N) is 4. The summed E-state index contributed by atoms with van der Waals surface area (Å²) in [6.45, 7) is 3.08. The normalized spacial score (nSPS) is 18.1. The molecule has 1 saturated carbocycles. The number of hydrogen-bond donors (Lipinski definition) is 1. The second kappa shape index (κ2) is 5.25. The molecule has 116 valence electrons. The Hall–Kier alpha value is -1.14. The van der Waals surface area contributed by atoms with E-state index in [4.69, 9.17) is 12.2 Å². The Labute approximate surface area is 130 Å². The van der Waals surface area contributed by atoms with Crippen LogP contribution in [0.3, 0.4) is 0 Å². The lowest BCUT2D eigenvalue weighted by Crippen LogP contribution is -2.45. The van der Waals surface area contributed by atoms with Gasteiger partial charge in [0.05, 0.1) is 5.69 Å². The van der Waals surface area contributed by atoms with Gasteiger partial charge in [-0.15, -0.1) is 0 Å². The molecule has 0 atom stereocenters. The third-order valence-electron chi connectivity index (χ3n) is 5.09. The highest BCUT2D eigenvalue weighted by molar-refractivity contribution is 7.71. The zero-order valence-corrected chi connectivity index (χ0v) is 14.3. The van der Waals surface area contributed by atoms with Gasteiger partial charge in [0.15, 0.2) is 10.4 Å². The van der Waals surface area contributed by atoms with E-state index in [-0.39, 0.29) is 5.54 Å². The van der Waals surface area contributed by atoms with Gasteiger partial charge in [0, 0.05) is 19.1 Å². The van der Waals surface area contributed by atoms with Gasteiger partial charge in [-0.3, -0.25) is 9.25 Å². The van der Waals surface area contributed by atoms with Crippen LogP contribution in [0, 0.1) is 4.77 Å². The third-order valence-corrected chi connectivity index (χ3v) is 5.41. The van der Waals surface area contributed by atoms with E-state index in [2.05, 4.69) is 40.6 Å². The van der Waals surface area contributed by atoms with Crippen LogP contribution in [0.2, 0.25) is 0 Å². The van der Waals surface area contributed by atoms with E-state index in [9.17, 15) is 0 Å². The number of aryl methyl sites for hydroxylation is 2. The minimum absolute atomic E-state index is 0.226. The second-order valence-corrected chi connectivity index (χ2v) is 6.85. The predicted molar refractivity (Wildman–Crippen MR) is 88.2 cm³/mol. The van der Waals surface area contributed by atoms with Gasteiger partial charge in [-0.05, 0) is 45.6 Å². The highest BCUT2D eigenvalue weighted by Gasteiger charge is 2.37. The highest BCUT2D eigenvalue weighted by Crippen LogP contribution is 2.36. The summed E-state index contributed by atoms with van der Waals surface area (Å²) in [4.78, 5) is 5.76. The molecule has 1 N–H and O–H groups in total. The fraction of sp³-hybridized carbons (Fsp3) is 0.733. The molecule has 0 unspecified atom stereocenters. The lowest BCUT2D eigenvalue weighted by molar-refractivity contribution is 0.134. The summed E-state index contributed by atoms with van der Waals surface area (Å²) in [6, 6.07) is 0. The van der Waals surface area contributed by atoms with E-state index < -0.39 is 0 Å². The molecule has 21 heavy (non-hydrogen) atoms. The summed E-state index contributed by atoms with van der Waals surface area (Å²) in [5.41, 5.74) is 3.56. The van der Waals surface area contributed by atoms with Crippen LogP contribution in [-0.4, -0.2) is 43.9 Å². The summed E-state index contributed by atoms with van der Waals surface area (Å²) in [7, 11) is 6.40. The number of aromatic amines is 1. The first-order valence-electron chi connectivity index (χ1n) is 7.80. The van der Waals surface area contributed by atoms with E-state index in [0.29, 0.717) is 0 Å². The number of nitrogens with one attached hydrogen (secondary N) is 1. The highest BCUT2D eigenvalue weighted by atomic mass is 32.1. The number of likely N-dealkylation sites (N-methyl/N-ethyl adjacent to an activating group) is 1. The van der Waals surface area contributed by atoms with Crippen molar-refractivity contribution in [1.82, 2.24) is 24.2 Å². The van der Waals surface area contributed by atoms with Crippen molar-refractivity contribution in [3.05, 3.63) is 10.5 Å². The molecule has 2 aromatic heterocycles. The average Bonchev–Trinajstić information content (AvgIpc) is 3.10. The maximum absolute atomic E-state index is 5.59. The fourth-order valence-electron chi connectivity index (χ4n) is 3.75. The molecule has 0 radical (unpaired) electrons. The van der Waals surface area contributed by atoms with Crippen molar-refractivity contribution in [2.24, 2.45) is 7.05 Å². The van der Waals surface area contributed by atoms with Gasteiger partial charge in [0.1, 0.15) is 5.52 Å². The zero-order chi connectivity index (χ0) is 15.2. The maximum Gasteiger partial charge on any atom is 0.179 e. The molecule has 0 saturated heterocycles. The lowest BCUT2D eigenvalue weighted by atomic mass is 9.96. The molecular formula is C15H25N5S. The molecule has 6 heteroatoms. The van der Waals surface area contributed by atoms with Gasteiger partial charge in [-0.1, -0.05) is 19.8 Å². The SMILES string of the molecule is CCc1nn(C)c2c1[nH]c(=S)n2CC1(N(C)C)CCCC1. The molecular weight excluding hydrogens is 282 g/mol. The largest absolute Gasteiger partial charge is 0.328 e. The van der Waals surface area contributed by atoms with Crippen molar-refractivity contribution in [3.63, 3.8) is 0 Å². The molecule has 5 nitrogen and oxygen atoms in total.